The second kappa shape index (κ2) is 4.70. The van der Waals surface area contributed by atoms with Crippen molar-refractivity contribution < 1.29 is 9.53 Å². The van der Waals surface area contributed by atoms with E-state index in [4.69, 9.17) is 22.1 Å². The quantitative estimate of drug-likeness (QED) is 0.906. The number of benzene rings is 1. The Kier molecular flexibility index (Phi) is 3.25. The molecule has 0 fully saturated rings. The lowest BCUT2D eigenvalue weighted by molar-refractivity contribution is -0.118. The maximum atomic E-state index is 11.8. The van der Waals surface area contributed by atoms with Crippen molar-refractivity contribution in [3.63, 3.8) is 0 Å². The van der Waals surface area contributed by atoms with Crippen molar-refractivity contribution in [1.82, 2.24) is 4.57 Å². The fraction of sp³-hybridized carbons (Fsp3) is 0.167. The number of fused-ring (bicyclic) bond motifs is 1. The fourth-order valence-corrected chi connectivity index (χ4v) is 2.00. The average Bonchev–Trinajstić information content (AvgIpc) is 2.32. The maximum Gasteiger partial charge on any atom is 0.237 e. The van der Waals surface area contributed by atoms with Crippen LogP contribution in [0.15, 0.2) is 29.2 Å². The molecular formula is C12H11ClN2O3. The van der Waals surface area contributed by atoms with E-state index in [2.05, 4.69) is 0 Å². The smallest absolute Gasteiger partial charge is 0.237 e. The highest BCUT2D eigenvalue weighted by molar-refractivity contribution is 6.32. The maximum absolute atomic E-state index is 11.8. The van der Waals surface area contributed by atoms with Crippen molar-refractivity contribution in [2.75, 3.05) is 7.11 Å². The molecule has 0 radical (unpaired) electrons. The zero-order valence-electron chi connectivity index (χ0n) is 9.64. The zero-order valence-corrected chi connectivity index (χ0v) is 10.4. The number of amides is 1. The van der Waals surface area contributed by atoms with Gasteiger partial charge < -0.3 is 15.0 Å². The molecule has 1 aromatic carbocycles. The van der Waals surface area contributed by atoms with Crippen molar-refractivity contribution in [1.29, 1.82) is 0 Å². The summed E-state index contributed by atoms with van der Waals surface area (Å²) in [4.78, 5) is 22.7. The molecule has 0 aliphatic rings. The Bertz CT molecular complexity index is 679. The summed E-state index contributed by atoms with van der Waals surface area (Å²) in [6.07, 6.45) is 1.51. The van der Waals surface area contributed by atoms with E-state index in [0.717, 1.165) is 0 Å². The van der Waals surface area contributed by atoms with Gasteiger partial charge in [-0.2, -0.15) is 0 Å². The number of hydrogen-bond acceptors (Lipinski definition) is 3. The molecule has 0 spiro atoms. The van der Waals surface area contributed by atoms with Crippen LogP contribution in [0.4, 0.5) is 0 Å². The number of halogens is 1. The minimum Gasteiger partial charge on any atom is -0.495 e. The molecule has 0 saturated heterocycles. The minimum atomic E-state index is -0.494. The largest absolute Gasteiger partial charge is 0.495 e. The van der Waals surface area contributed by atoms with Gasteiger partial charge in [-0.05, 0) is 12.1 Å². The summed E-state index contributed by atoms with van der Waals surface area (Å²) in [6.45, 7) is -0.0144. The molecule has 0 unspecified atom stereocenters. The minimum absolute atomic E-state index is 0.0144. The number of carbonyl (C=O) groups is 1. The van der Waals surface area contributed by atoms with Crippen molar-refractivity contribution in [3.05, 3.63) is 39.6 Å². The van der Waals surface area contributed by atoms with Gasteiger partial charge in [0.25, 0.3) is 0 Å². The third-order valence-electron chi connectivity index (χ3n) is 2.58. The molecule has 6 heteroatoms. The summed E-state index contributed by atoms with van der Waals surface area (Å²) >= 11 is 6.01. The number of aromatic nitrogens is 1. The Morgan fingerprint density at radius 3 is 2.83 bits per heavy atom. The molecule has 94 valence electrons. The van der Waals surface area contributed by atoms with Gasteiger partial charge in [0, 0.05) is 17.6 Å². The van der Waals surface area contributed by atoms with Crippen LogP contribution < -0.4 is 15.9 Å². The first-order valence-corrected chi connectivity index (χ1v) is 5.55. The van der Waals surface area contributed by atoms with Crippen LogP contribution in [0.1, 0.15) is 0 Å². The predicted molar refractivity (Wildman–Crippen MR) is 69.0 cm³/mol. The van der Waals surface area contributed by atoms with E-state index in [1.54, 1.807) is 16.7 Å². The molecule has 0 bridgehead atoms. The summed E-state index contributed by atoms with van der Waals surface area (Å²) in [7, 11) is 1.47. The Morgan fingerprint density at radius 2 is 2.22 bits per heavy atom. The van der Waals surface area contributed by atoms with Crippen LogP contribution in [0.3, 0.4) is 0 Å². The van der Waals surface area contributed by atoms with Gasteiger partial charge in [0.1, 0.15) is 12.3 Å². The Labute approximate surface area is 108 Å². The van der Waals surface area contributed by atoms with E-state index < -0.39 is 5.91 Å². The average molecular weight is 267 g/mol. The van der Waals surface area contributed by atoms with Crippen LogP contribution >= 0.6 is 11.6 Å². The highest BCUT2D eigenvalue weighted by atomic mass is 35.5. The lowest BCUT2D eigenvalue weighted by Crippen LogP contribution is -2.20. The molecule has 2 N–H and O–H groups in total. The molecule has 5 nitrogen and oxygen atoms in total. The van der Waals surface area contributed by atoms with Gasteiger partial charge >= 0.3 is 0 Å². The van der Waals surface area contributed by atoms with Gasteiger partial charge in [0.2, 0.25) is 5.91 Å². The first-order valence-electron chi connectivity index (χ1n) is 5.18. The Morgan fingerprint density at radius 1 is 1.50 bits per heavy atom. The molecule has 0 saturated carbocycles. The lowest BCUT2D eigenvalue weighted by Gasteiger charge is -2.10. The van der Waals surface area contributed by atoms with Crippen LogP contribution in [0.2, 0.25) is 5.02 Å². The molecule has 0 aliphatic carbocycles. The van der Waals surface area contributed by atoms with Crippen LogP contribution in [0.5, 0.6) is 5.75 Å². The van der Waals surface area contributed by atoms with E-state index in [9.17, 15) is 9.59 Å². The van der Waals surface area contributed by atoms with Gasteiger partial charge in [0.15, 0.2) is 5.43 Å². The monoisotopic (exact) mass is 266 g/mol. The number of carbonyl (C=O) groups excluding carboxylic acids is 1. The summed E-state index contributed by atoms with van der Waals surface area (Å²) < 4.78 is 6.63. The van der Waals surface area contributed by atoms with Crippen molar-refractivity contribution in [2.24, 2.45) is 5.73 Å². The summed E-state index contributed by atoms with van der Waals surface area (Å²) in [5.74, 6) is -0.0787. The number of methoxy groups -OCH3 is 1. The number of nitrogens with two attached hydrogens (primary N) is 1. The molecule has 2 rings (SSSR count). The van der Waals surface area contributed by atoms with E-state index in [1.165, 1.54) is 19.4 Å². The highest BCUT2D eigenvalue weighted by Gasteiger charge is 2.09. The standard InChI is InChI=1S/C12H11ClN2O3/c1-18-11-4-7-9(5-8(11)13)15(6-12(14)17)3-2-10(7)16/h2-5H,6H2,1H3,(H2,14,17). The molecule has 2 aromatic rings. The van der Waals surface area contributed by atoms with Gasteiger partial charge in [-0.25, -0.2) is 0 Å². The molecule has 1 heterocycles. The fourth-order valence-electron chi connectivity index (χ4n) is 1.77. The first kappa shape index (κ1) is 12.4. The van der Waals surface area contributed by atoms with Crippen molar-refractivity contribution in [2.45, 2.75) is 6.54 Å². The van der Waals surface area contributed by atoms with Gasteiger partial charge in [-0.3, -0.25) is 9.59 Å². The second-order valence-electron chi connectivity index (χ2n) is 3.78. The van der Waals surface area contributed by atoms with Crippen LogP contribution in [0.25, 0.3) is 10.9 Å². The van der Waals surface area contributed by atoms with Crippen molar-refractivity contribution >= 4 is 28.4 Å². The van der Waals surface area contributed by atoms with Crippen LogP contribution in [-0.4, -0.2) is 17.6 Å². The molecule has 0 atom stereocenters. The second-order valence-corrected chi connectivity index (χ2v) is 4.19. The van der Waals surface area contributed by atoms with E-state index >= 15 is 0 Å². The Balaban J connectivity index is 2.77. The molecular weight excluding hydrogens is 256 g/mol. The number of hydrogen-bond donors (Lipinski definition) is 1. The molecule has 1 aromatic heterocycles. The van der Waals surface area contributed by atoms with Gasteiger partial charge in [-0.15, -0.1) is 0 Å². The van der Waals surface area contributed by atoms with Gasteiger partial charge in [0.05, 0.1) is 17.6 Å². The topological polar surface area (TPSA) is 74.3 Å². The third kappa shape index (κ3) is 2.17. The SMILES string of the molecule is COc1cc2c(=O)ccn(CC(N)=O)c2cc1Cl. The highest BCUT2D eigenvalue weighted by Crippen LogP contribution is 2.28. The number of nitrogens with zero attached hydrogens (tertiary/aromatic N) is 1. The first-order chi connectivity index (χ1) is 8.52. The van der Waals surface area contributed by atoms with E-state index in [0.29, 0.717) is 21.7 Å². The number of pyridine rings is 1. The van der Waals surface area contributed by atoms with E-state index in [1.807, 2.05) is 0 Å². The van der Waals surface area contributed by atoms with E-state index in [-0.39, 0.29) is 12.0 Å². The number of primary amides is 1. The summed E-state index contributed by atoms with van der Waals surface area (Å²) in [6, 6.07) is 4.51. The van der Waals surface area contributed by atoms with Crippen molar-refractivity contribution in [3.8, 4) is 5.75 Å². The van der Waals surface area contributed by atoms with Gasteiger partial charge in [-0.1, -0.05) is 11.6 Å². The number of ether oxygens (including phenoxy) is 1. The third-order valence-corrected chi connectivity index (χ3v) is 2.87. The molecule has 18 heavy (non-hydrogen) atoms. The normalized spacial score (nSPS) is 10.6. The Hall–Kier alpha value is -2.01. The summed E-state index contributed by atoms with van der Waals surface area (Å²) in [5, 5.41) is 0.800. The van der Waals surface area contributed by atoms with Crippen LogP contribution in [0, 0.1) is 0 Å². The molecule has 1 amide bonds. The van der Waals surface area contributed by atoms with Crippen LogP contribution in [-0.2, 0) is 11.3 Å². The molecule has 0 aliphatic heterocycles. The lowest BCUT2D eigenvalue weighted by atomic mass is 10.2. The predicted octanol–water partition coefficient (Wildman–Crippen LogP) is 1.15. The zero-order chi connectivity index (χ0) is 13.3. The number of rotatable bonds is 3. The summed E-state index contributed by atoms with van der Waals surface area (Å²) in [5.41, 5.74) is 5.53.